The van der Waals surface area contributed by atoms with E-state index in [2.05, 4.69) is 63.9 Å². The van der Waals surface area contributed by atoms with Crippen LogP contribution in [0.2, 0.25) is 0 Å². The van der Waals surface area contributed by atoms with Crippen LogP contribution < -0.4 is 10.2 Å². The lowest BCUT2D eigenvalue weighted by atomic mass is 9.90. The Bertz CT molecular complexity index is 940. The predicted molar refractivity (Wildman–Crippen MR) is 113 cm³/mol. The van der Waals surface area contributed by atoms with E-state index in [1.54, 1.807) is 0 Å². The van der Waals surface area contributed by atoms with Gasteiger partial charge in [-0.2, -0.15) is 0 Å². The van der Waals surface area contributed by atoms with Gasteiger partial charge in [-0.25, -0.2) is 0 Å². The van der Waals surface area contributed by atoms with Gasteiger partial charge >= 0.3 is 0 Å². The molecule has 0 bridgehead atoms. The van der Waals surface area contributed by atoms with Crippen LogP contribution in [0.1, 0.15) is 23.5 Å². The smallest absolute Gasteiger partial charge is 0.225 e. The lowest BCUT2D eigenvalue weighted by molar-refractivity contribution is -0.124. The number of aromatic amines is 1. The number of fused-ring (bicyclic) bond motifs is 1. The van der Waals surface area contributed by atoms with Gasteiger partial charge in [-0.15, -0.1) is 0 Å². The zero-order valence-electron chi connectivity index (χ0n) is 16.4. The van der Waals surface area contributed by atoms with Gasteiger partial charge in [-0.05, 0) is 35.7 Å². The topological polar surface area (TPSA) is 57.4 Å². The standard InChI is InChI=1S/C23H27N3O2/c1-26(2)18-9-7-16(8-10-18)20(13-25-23(27)17-11-12-28-15-17)21-14-24-22-6-4-3-5-19(21)22/h3-10,14,17,20,24H,11-13,15H2,1-2H3,(H,25,27)/t17-,20-/m0/s1. The van der Waals surface area contributed by atoms with Crippen LogP contribution in [-0.2, 0) is 9.53 Å². The Morgan fingerprint density at radius 3 is 2.71 bits per heavy atom. The lowest BCUT2D eigenvalue weighted by Gasteiger charge is -2.21. The molecule has 1 saturated heterocycles. The molecule has 3 aromatic rings. The molecule has 0 radical (unpaired) electrons. The molecule has 0 aliphatic carbocycles. The van der Waals surface area contributed by atoms with Crippen molar-refractivity contribution in [1.82, 2.24) is 10.3 Å². The van der Waals surface area contributed by atoms with E-state index >= 15 is 0 Å². The van der Waals surface area contributed by atoms with E-state index in [0.717, 1.165) is 17.6 Å². The third-order valence-electron chi connectivity index (χ3n) is 5.59. The highest BCUT2D eigenvalue weighted by Gasteiger charge is 2.25. The normalized spacial score (nSPS) is 17.6. The van der Waals surface area contributed by atoms with Crippen molar-refractivity contribution in [2.24, 2.45) is 5.92 Å². The summed E-state index contributed by atoms with van der Waals surface area (Å²) < 4.78 is 5.36. The summed E-state index contributed by atoms with van der Waals surface area (Å²) in [6, 6.07) is 16.9. The third kappa shape index (κ3) is 3.76. The molecule has 5 heteroatoms. The number of ether oxygens (including phenoxy) is 1. The number of carbonyl (C=O) groups excluding carboxylic acids is 1. The van der Waals surface area contributed by atoms with E-state index < -0.39 is 0 Å². The highest BCUT2D eigenvalue weighted by Crippen LogP contribution is 2.31. The molecular weight excluding hydrogens is 350 g/mol. The molecule has 5 nitrogen and oxygen atoms in total. The summed E-state index contributed by atoms with van der Waals surface area (Å²) in [6.45, 7) is 1.77. The predicted octanol–water partition coefficient (Wildman–Crippen LogP) is 3.52. The molecule has 2 N–H and O–H groups in total. The van der Waals surface area contributed by atoms with Gasteiger partial charge in [-0.1, -0.05) is 30.3 Å². The number of H-pyrrole nitrogens is 1. The summed E-state index contributed by atoms with van der Waals surface area (Å²) in [5, 5.41) is 4.37. The van der Waals surface area contributed by atoms with Gasteiger partial charge in [0.15, 0.2) is 0 Å². The molecule has 1 aliphatic rings. The Labute approximate surface area is 165 Å². The first-order valence-electron chi connectivity index (χ1n) is 9.82. The van der Waals surface area contributed by atoms with Crippen molar-refractivity contribution < 1.29 is 9.53 Å². The Morgan fingerprint density at radius 2 is 2.00 bits per heavy atom. The number of nitrogens with one attached hydrogen (secondary N) is 2. The monoisotopic (exact) mass is 377 g/mol. The molecule has 28 heavy (non-hydrogen) atoms. The number of hydrogen-bond acceptors (Lipinski definition) is 3. The fourth-order valence-electron chi connectivity index (χ4n) is 3.88. The quantitative estimate of drug-likeness (QED) is 0.691. The molecular formula is C23H27N3O2. The molecule has 2 heterocycles. The van der Waals surface area contributed by atoms with Gasteiger partial charge in [0.1, 0.15) is 0 Å². The molecule has 2 atom stereocenters. The minimum absolute atomic E-state index is 0.0280. The average Bonchev–Trinajstić information content (AvgIpc) is 3.39. The molecule has 1 fully saturated rings. The van der Waals surface area contributed by atoms with Crippen molar-refractivity contribution in [3.63, 3.8) is 0 Å². The van der Waals surface area contributed by atoms with Crippen LogP contribution in [0.25, 0.3) is 10.9 Å². The van der Waals surface area contributed by atoms with Crippen LogP contribution >= 0.6 is 0 Å². The number of anilines is 1. The van der Waals surface area contributed by atoms with Gasteiger partial charge in [-0.3, -0.25) is 4.79 Å². The summed E-state index contributed by atoms with van der Waals surface area (Å²) in [7, 11) is 4.08. The summed E-state index contributed by atoms with van der Waals surface area (Å²) in [6.07, 6.45) is 2.88. The fourth-order valence-corrected chi connectivity index (χ4v) is 3.88. The second-order valence-electron chi connectivity index (χ2n) is 7.63. The van der Waals surface area contributed by atoms with E-state index in [1.165, 1.54) is 16.5 Å². The number of benzene rings is 2. The summed E-state index contributed by atoms with van der Waals surface area (Å²) in [4.78, 5) is 18.0. The summed E-state index contributed by atoms with van der Waals surface area (Å²) in [5.41, 5.74) is 4.67. The van der Waals surface area contributed by atoms with Crippen molar-refractivity contribution in [3.05, 3.63) is 65.9 Å². The molecule has 0 unspecified atom stereocenters. The SMILES string of the molecule is CN(C)c1ccc([C@H](CNC(=O)[C@H]2CCOC2)c2c[nH]c3ccccc23)cc1. The summed E-state index contributed by atoms with van der Waals surface area (Å²) >= 11 is 0. The number of nitrogens with zero attached hydrogens (tertiary/aromatic N) is 1. The minimum Gasteiger partial charge on any atom is -0.381 e. The van der Waals surface area contributed by atoms with Gasteiger partial charge in [0.2, 0.25) is 5.91 Å². The van der Waals surface area contributed by atoms with Crippen molar-refractivity contribution in [3.8, 4) is 0 Å². The van der Waals surface area contributed by atoms with Gasteiger partial charge in [0.25, 0.3) is 0 Å². The van der Waals surface area contributed by atoms with Crippen LogP contribution in [0, 0.1) is 5.92 Å². The highest BCUT2D eigenvalue weighted by molar-refractivity contribution is 5.84. The van der Waals surface area contributed by atoms with E-state index in [1.807, 2.05) is 20.2 Å². The molecule has 1 aromatic heterocycles. The van der Waals surface area contributed by atoms with Gasteiger partial charge in [0.05, 0.1) is 12.5 Å². The average molecular weight is 377 g/mol. The second-order valence-corrected chi connectivity index (χ2v) is 7.63. The van der Waals surface area contributed by atoms with E-state index in [-0.39, 0.29) is 17.7 Å². The van der Waals surface area contributed by atoms with E-state index in [9.17, 15) is 4.79 Å². The van der Waals surface area contributed by atoms with Crippen molar-refractivity contribution >= 4 is 22.5 Å². The number of amides is 1. The Balaban J connectivity index is 1.63. The van der Waals surface area contributed by atoms with Crippen molar-refractivity contribution in [2.75, 3.05) is 38.8 Å². The van der Waals surface area contributed by atoms with Gasteiger partial charge < -0.3 is 19.9 Å². The zero-order chi connectivity index (χ0) is 19.5. The van der Waals surface area contributed by atoms with Gasteiger partial charge in [0, 0.05) is 56.0 Å². The van der Waals surface area contributed by atoms with Crippen molar-refractivity contribution in [1.29, 1.82) is 0 Å². The van der Waals surface area contributed by atoms with E-state index in [4.69, 9.17) is 4.74 Å². The minimum atomic E-state index is -0.0280. The van der Waals surface area contributed by atoms with Crippen LogP contribution in [0.5, 0.6) is 0 Å². The Morgan fingerprint density at radius 1 is 1.21 bits per heavy atom. The number of carbonyl (C=O) groups is 1. The Hall–Kier alpha value is -2.79. The Kier molecular flexibility index (Phi) is 5.35. The number of aromatic nitrogens is 1. The second kappa shape index (κ2) is 8.07. The fraction of sp³-hybridized carbons (Fsp3) is 0.348. The first kappa shape index (κ1) is 18.6. The highest BCUT2D eigenvalue weighted by atomic mass is 16.5. The zero-order valence-corrected chi connectivity index (χ0v) is 16.4. The van der Waals surface area contributed by atoms with Crippen LogP contribution in [0.15, 0.2) is 54.7 Å². The van der Waals surface area contributed by atoms with Crippen LogP contribution in [0.3, 0.4) is 0 Å². The molecule has 0 saturated carbocycles. The number of rotatable bonds is 6. The molecule has 146 valence electrons. The maximum Gasteiger partial charge on any atom is 0.225 e. The molecule has 2 aromatic carbocycles. The molecule has 4 rings (SSSR count). The number of hydrogen-bond donors (Lipinski definition) is 2. The van der Waals surface area contributed by atoms with E-state index in [0.29, 0.717) is 19.8 Å². The third-order valence-corrected chi connectivity index (χ3v) is 5.59. The van der Waals surface area contributed by atoms with Crippen LogP contribution in [-0.4, -0.2) is 44.7 Å². The molecule has 1 amide bonds. The lowest BCUT2D eigenvalue weighted by Crippen LogP contribution is -2.34. The first-order chi connectivity index (χ1) is 13.6. The largest absolute Gasteiger partial charge is 0.381 e. The maximum atomic E-state index is 12.6. The first-order valence-corrected chi connectivity index (χ1v) is 9.82. The molecule has 0 spiro atoms. The van der Waals surface area contributed by atoms with Crippen LogP contribution in [0.4, 0.5) is 5.69 Å². The van der Waals surface area contributed by atoms with Crippen molar-refractivity contribution in [2.45, 2.75) is 12.3 Å². The molecule has 1 aliphatic heterocycles. The number of para-hydroxylation sites is 1. The maximum absolute atomic E-state index is 12.6. The summed E-state index contributed by atoms with van der Waals surface area (Å²) in [5.74, 6) is 0.144.